The van der Waals surface area contributed by atoms with E-state index in [1.165, 1.54) is 36.3 Å². The zero-order chi connectivity index (χ0) is 27.8. The van der Waals surface area contributed by atoms with Gasteiger partial charge >= 0.3 is 0 Å². The van der Waals surface area contributed by atoms with E-state index < -0.39 is 4.92 Å². The number of non-ortho nitro benzene ring substituents is 1. The Morgan fingerprint density at radius 3 is 2.36 bits per heavy atom. The topological polar surface area (TPSA) is 109 Å². The summed E-state index contributed by atoms with van der Waals surface area (Å²) in [4.78, 5) is 44.0. The van der Waals surface area contributed by atoms with Crippen LogP contribution in [0.2, 0.25) is 0 Å². The maximum atomic E-state index is 13.7. The van der Waals surface area contributed by atoms with Crippen LogP contribution in [0.25, 0.3) is 10.9 Å². The highest BCUT2D eigenvalue weighted by Gasteiger charge is 2.23. The third-order valence-electron chi connectivity index (χ3n) is 6.68. The van der Waals surface area contributed by atoms with Crippen LogP contribution in [0.5, 0.6) is 0 Å². The number of amides is 2. The quantitative estimate of drug-likeness (QED) is 0.211. The second-order valence-electron chi connectivity index (χ2n) is 9.43. The van der Waals surface area contributed by atoms with Gasteiger partial charge in [0, 0.05) is 61.5 Å². The number of aryl methyl sites for hydroxylation is 1. The molecule has 0 saturated carbocycles. The lowest BCUT2D eigenvalue weighted by atomic mass is 10.1. The van der Waals surface area contributed by atoms with E-state index in [0.717, 1.165) is 27.6 Å². The largest absolute Gasteiger partial charge is 0.383 e. The number of nitro benzene ring substituents is 1. The first-order valence-electron chi connectivity index (χ1n) is 12.8. The molecule has 0 saturated heterocycles. The Morgan fingerprint density at radius 2 is 1.67 bits per heavy atom. The summed E-state index contributed by atoms with van der Waals surface area (Å²) in [5, 5.41) is 12.1. The van der Waals surface area contributed by atoms with Gasteiger partial charge in [0.15, 0.2) is 0 Å². The molecule has 9 nitrogen and oxygen atoms in total. The lowest BCUT2D eigenvalue weighted by molar-refractivity contribution is -0.384. The summed E-state index contributed by atoms with van der Waals surface area (Å²) < 4.78 is 5.18. The minimum Gasteiger partial charge on any atom is -0.383 e. The molecule has 39 heavy (non-hydrogen) atoms. The van der Waals surface area contributed by atoms with E-state index in [4.69, 9.17) is 4.74 Å². The molecule has 0 fully saturated rings. The van der Waals surface area contributed by atoms with Crippen LogP contribution in [0.3, 0.4) is 0 Å². The molecule has 1 heterocycles. The number of carbonyl (C=O) groups is 2. The monoisotopic (exact) mass is 528 g/mol. The van der Waals surface area contributed by atoms with E-state index in [2.05, 4.69) is 11.1 Å². The van der Waals surface area contributed by atoms with Gasteiger partial charge in [-0.15, -0.1) is 0 Å². The molecule has 1 aromatic heterocycles. The first-order chi connectivity index (χ1) is 18.9. The molecule has 4 aromatic rings. The molecular weight excluding hydrogens is 496 g/mol. The zero-order valence-electron chi connectivity index (χ0n) is 22.1. The SMILES string of the molecule is COCCN(CC(=O)N(CCc1c[nH]c2ccccc12)Cc1ccc(C)cc1)C(=O)c1ccc([N+](=O)[O-])cc1. The Kier molecular flexibility index (Phi) is 9.06. The molecule has 0 aliphatic heterocycles. The molecule has 0 aliphatic carbocycles. The predicted octanol–water partition coefficient (Wildman–Crippen LogP) is 4.74. The smallest absolute Gasteiger partial charge is 0.269 e. The van der Waals surface area contributed by atoms with Crippen molar-refractivity contribution in [3.8, 4) is 0 Å². The number of para-hydroxylation sites is 1. The van der Waals surface area contributed by atoms with Crippen LogP contribution in [0.1, 0.15) is 27.0 Å². The number of hydrogen-bond acceptors (Lipinski definition) is 5. The molecular formula is C30H32N4O5. The van der Waals surface area contributed by atoms with Crippen LogP contribution < -0.4 is 0 Å². The van der Waals surface area contributed by atoms with Crippen molar-refractivity contribution in [3.63, 3.8) is 0 Å². The Balaban J connectivity index is 1.54. The normalized spacial score (nSPS) is 10.9. The number of nitrogens with one attached hydrogen (secondary N) is 1. The van der Waals surface area contributed by atoms with Crippen molar-refractivity contribution in [1.82, 2.24) is 14.8 Å². The molecule has 3 aromatic carbocycles. The minimum atomic E-state index is -0.517. The van der Waals surface area contributed by atoms with Gasteiger partial charge in [0.25, 0.3) is 11.6 Å². The lowest BCUT2D eigenvalue weighted by Crippen LogP contribution is -2.44. The van der Waals surface area contributed by atoms with E-state index in [1.54, 1.807) is 4.90 Å². The predicted molar refractivity (Wildman–Crippen MR) is 149 cm³/mol. The Labute approximate surface area is 227 Å². The van der Waals surface area contributed by atoms with Gasteiger partial charge in [0.1, 0.15) is 6.54 Å². The van der Waals surface area contributed by atoms with Gasteiger partial charge in [-0.2, -0.15) is 0 Å². The average Bonchev–Trinajstić information content (AvgIpc) is 3.37. The number of hydrogen-bond donors (Lipinski definition) is 1. The van der Waals surface area contributed by atoms with Gasteiger partial charge in [-0.25, -0.2) is 0 Å². The molecule has 0 aliphatic rings. The number of carbonyl (C=O) groups excluding carboxylic acids is 2. The van der Waals surface area contributed by atoms with Crippen molar-refractivity contribution in [1.29, 1.82) is 0 Å². The van der Waals surface area contributed by atoms with Gasteiger partial charge in [0.05, 0.1) is 11.5 Å². The fourth-order valence-corrected chi connectivity index (χ4v) is 4.43. The van der Waals surface area contributed by atoms with E-state index in [9.17, 15) is 19.7 Å². The summed E-state index contributed by atoms with van der Waals surface area (Å²) in [6, 6.07) is 21.5. The highest BCUT2D eigenvalue weighted by atomic mass is 16.6. The number of fused-ring (bicyclic) bond motifs is 1. The van der Waals surface area contributed by atoms with Crippen LogP contribution in [0, 0.1) is 17.0 Å². The average molecular weight is 529 g/mol. The molecule has 0 radical (unpaired) electrons. The number of benzene rings is 3. The summed E-state index contributed by atoms with van der Waals surface area (Å²) in [5.41, 5.74) is 4.46. The van der Waals surface area contributed by atoms with E-state index in [1.807, 2.05) is 55.6 Å². The van der Waals surface area contributed by atoms with Crippen LogP contribution in [-0.2, 0) is 22.5 Å². The van der Waals surface area contributed by atoms with Gasteiger partial charge in [-0.05, 0) is 42.7 Å². The molecule has 0 spiro atoms. The summed E-state index contributed by atoms with van der Waals surface area (Å²) in [5.74, 6) is -0.580. The van der Waals surface area contributed by atoms with Crippen molar-refractivity contribution in [2.75, 3.05) is 33.4 Å². The van der Waals surface area contributed by atoms with Crippen molar-refractivity contribution >= 4 is 28.4 Å². The highest BCUT2D eigenvalue weighted by molar-refractivity contribution is 5.96. The second-order valence-corrected chi connectivity index (χ2v) is 9.43. The molecule has 0 unspecified atom stereocenters. The van der Waals surface area contributed by atoms with Crippen molar-refractivity contribution in [2.45, 2.75) is 19.9 Å². The van der Waals surface area contributed by atoms with Gasteiger partial charge in [-0.3, -0.25) is 19.7 Å². The van der Waals surface area contributed by atoms with Crippen LogP contribution in [0.4, 0.5) is 5.69 Å². The van der Waals surface area contributed by atoms with E-state index in [-0.39, 0.29) is 42.8 Å². The molecule has 1 N–H and O–H groups in total. The van der Waals surface area contributed by atoms with Crippen molar-refractivity contribution in [3.05, 3.63) is 111 Å². The number of nitro groups is 1. The number of aromatic amines is 1. The van der Waals surface area contributed by atoms with Gasteiger partial charge in [-0.1, -0.05) is 48.0 Å². The molecule has 0 bridgehead atoms. The molecule has 202 valence electrons. The van der Waals surface area contributed by atoms with Gasteiger partial charge in [0.2, 0.25) is 5.91 Å². The number of H-pyrrole nitrogens is 1. The van der Waals surface area contributed by atoms with E-state index in [0.29, 0.717) is 19.5 Å². The van der Waals surface area contributed by atoms with Gasteiger partial charge < -0.3 is 19.5 Å². The molecule has 4 rings (SSSR count). The van der Waals surface area contributed by atoms with Crippen LogP contribution in [-0.4, -0.2) is 64.9 Å². The number of rotatable bonds is 12. The third kappa shape index (κ3) is 7.08. The first kappa shape index (κ1) is 27.5. The second kappa shape index (κ2) is 12.8. The standard InChI is InChI=1S/C30H32N4O5/c1-22-7-9-23(10-8-22)20-32(16-15-25-19-31-28-6-4-3-5-27(25)28)29(35)21-33(17-18-39-2)30(36)24-11-13-26(14-12-24)34(37)38/h3-14,19,31H,15-18,20-21H2,1-2H3. The molecule has 0 atom stereocenters. The Bertz CT molecular complexity index is 1430. The highest BCUT2D eigenvalue weighted by Crippen LogP contribution is 2.19. The van der Waals surface area contributed by atoms with Crippen molar-refractivity contribution < 1.29 is 19.2 Å². The summed E-state index contributed by atoms with van der Waals surface area (Å²) >= 11 is 0. The lowest BCUT2D eigenvalue weighted by Gasteiger charge is -2.28. The van der Waals surface area contributed by atoms with E-state index >= 15 is 0 Å². The fourth-order valence-electron chi connectivity index (χ4n) is 4.43. The maximum absolute atomic E-state index is 13.7. The number of aromatic nitrogens is 1. The fraction of sp³-hybridized carbons (Fsp3) is 0.267. The third-order valence-corrected chi connectivity index (χ3v) is 6.68. The Morgan fingerprint density at radius 1 is 0.949 bits per heavy atom. The summed E-state index contributed by atoms with van der Waals surface area (Å²) in [6.45, 7) is 3.21. The Hall–Kier alpha value is -4.50. The zero-order valence-corrected chi connectivity index (χ0v) is 22.1. The summed E-state index contributed by atoms with van der Waals surface area (Å²) in [7, 11) is 1.53. The number of nitrogens with zero attached hydrogens (tertiary/aromatic N) is 3. The van der Waals surface area contributed by atoms with Crippen molar-refractivity contribution in [2.24, 2.45) is 0 Å². The first-order valence-corrected chi connectivity index (χ1v) is 12.8. The van der Waals surface area contributed by atoms with Crippen LogP contribution in [0.15, 0.2) is 79.0 Å². The maximum Gasteiger partial charge on any atom is 0.269 e. The molecule has 2 amide bonds. The number of methoxy groups -OCH3 is 1. The minimum absolute atomic E-state index is 0.104. The van der Waals surface area contributed by atoms with Crippen LogP contribution >= 0.6 is 0 Å². The number of ether oxygens (including phenoxy) is 1. The summed E-state index contributed by atoms with van der Waals surface area (Å²) in [6.07, 6.45) is 2.62. The molecule has 9 heteroatoms.